The molecule has 1 rings (SSSR count). The Bertz CT molecular complexity index is 494. The number of hydrogen-bond donors (Lipinski definition) is 2. The molecule has 2 N–H and O–H groups in total. The number of carboxylic acid groups (broad SMARTS) is 1. The van der Waals surface area contributed by atoms with Crippen LogP contribution in [0.1, 0.15) is 12.5 Å². The highest BCUT2D eigenvalue weighted by Crippen LogP contribution is 1.98. The largest absolute Gasteiger partial charge is 0.480 e. The molecule has 0 aliphatic rings. The lowest BCUT2D eigenvalue weighted by Crippen LogP contribution is -2.38. The molecule has 0 saturated carbocycles. The summed E-state index contributed by atoms with van der Waals surface area (Å²) < 4.78 is 26.7. The molecule has 0 aliphatic heterocycles. The van der Waals surface area contributed by atoms with E-state index in [9.17, 15) is 13.2 Å². The highest BCUT2D eigenvalue weighted by atomic mass is 32.2. The van der Waals surface area contributed by atoms with Gasteiger partial charge in [0, 0.05) is 12.7 Å². The van der Waals surface area contributed by atoms with E-state index >= 15 is 0 Å². The van der Waals surface area contributed by atoms with E-state index in [2.05, 4.69) is 9.82 Å². The summed E-state index contributed by atoms with van der Waals surface area (Å²) in [5, 5.41) is 11.1. The van der Waals surface area contributed by atoms with Gasteiger partial charge in [0.25, 0.3) is 0 Å². The van der Waals surface area contributed by atoms with Gasteiger partial charge in [-0.05, 0) is 19.4 Å². The SMILES string of the molecule is Cc1cnn(CCNS(=O)(=O)C(C)C(=O)O)c1. The minimum absolute atomic E-state index is 0.112. The average Bonchev–Trinajstić information content (AvgIpc) is 2.62. The fourth-order valence-electron chi connectivity index (χ4n) is 1.15. The molecule has 1 heterocycles. The van der Waals surface area contributed by atoms with Crippen molar-refractivity contribution >= 4 is 16.0 Å². The molecule has 0 bridgehead atoms. The van der Waals surface area contributed by atoms with Gasteiger partial charge in [-0.25, -0.2) is 13.1 Å². The molecule has 0 saturated heterocycles. The Hall–Kier alpha value is -1.41. The van der Waals surface area contributed by atoms with Crippen LogP contribution in [0.15, 0.2) is 12.4 Å². The van der Waals surface area contributed by atoms with Crippen molar-refractivity contribution in [2.24, 2.45) is 0 Å². The molecule has 8 heteroatoms. The van der Waals surface area contributed by atoms with Gasteiger partial charge in [-0.2, -0.15) is 5.10 Å². The molecule has 96 valence electrons. The van der Waals surface area contributed by atoms with Crippen molar-refractivity contribution in [2.45, 2.75) is 25.6 Å². The number of carbonyl (C=O) groups is 1. The lowest BCUT2D eigenvalue weighted by Gasteiger charge is -2.09. The number of rotatable bonds is 6. The topological polar surface area (TPSA) is 101 Å². The van der Waals surface area contributed by atoms with Gasteiger partial charge >= 0.3 is 5.97 Å². The first kappa shape index (κ1) is 13.7. The quantitative estimate of drug-likeness (QED) is 0.724. The van der Waals surface area contributed by atoms with Gasteiger partial charge in [0.15, 0.2) is 5.25 Å². The highest BCUT2D eigenvalue weighted by Gasteiger charge is 2.26. The van der Waals surface area contributed by atoms with Crippen LogP contribution in [-0.2, 0) is 21.4 Å². The standard InChI is InChI=1S/C9H15N3O4S/c1-7-5-10-12(6-7)4-3-11-17(15,16)8(2)9(13)14/h5-6,8,11H,3-4H2,1-2H3,(H,13,14). The van der Waals surface area contributed by atoms with Gasteiger partial charge in [-0.1, -0.05) is 0 Å². The maximum absolute atomic E-state index is 11.4. The van der Waals surface area contributed by atoms with Gasteiger partial charge in [-0.3, -0.25) is 9.48 Å². The predicted molar refractivity (Wildman–Crippen MR) is 61.0 cm³/mol. The van der Waals surface area contributed by atoms with Gasteiger partial charge in [0.05, 0.1) is 12.7 Å². The number of carboxylic acids is 1. The van der Waals surface area contributed by atoms with E-state index in [1.807, 2.05) is 6.92 Å². The Morgan fingerprint density at radius 1 is 1.65 bits per heavy atom. The van der Waals surface area contributed by atoms with Crippen molar-refractivity contribution in [3.8, 4) is 0 Å². The Balaban J connectivity index is 2.48. The van der Waals surface area contributed by atoms with E-state index in [4.69, 9.17) is 5.11 Å². The molecule has 1 atom stereocenters. The first-order valence-corrected chi connectivity index (χ1v) is 6.58. The van der Waals surface area contributed by atoms with Crippen LogP contribution in [-0.4, -0.2) is 41.1 Å². The van der Waals surface area contributed by atoms with Crippen LogP contribution in [0.3, 0.4) is 0 Å². The zero-order valence-electron chi connectivity index (χ0n) is 9.62. The third-order valence-electron chi connectivity index (χ3n) is 2.22. The molecule has 0 amide bonds. The number of aryl methyl sites for hydroxylation is 1. The lowest BCUT2D eigenvalue weighted by molar-refractivity contribution is -0.136. The summed E-state index contributed by atoms with van der Waals surface area (Å²) in [6.45, 7) is 3.48. The summed E-state index contributed by atoms with van der Waals surface area (Å²) in [7, 11) is -3.81. The molecule has 0 spiro atoms. The van der Waals surface area contributed by atoms with Crippen molar-refractivity contribution in [3.05, 3.63) is 18.0 Å². The molecule has 7 nitrogen and oxygen atoms in total. The third-order valence-corrected chi connectivity index (χ3v) is 3.96. The van der Waals surface area contributed by atoms with Gasteiger partial charge in [-0.15, -0.1) is 0 Å². The van der Waals surface area contributed by atoms with Gasteiger partial charge in [0.1, 0.15) is 0 Å². The van der Waals surface area contributed by atoms with Crippen LogP contribution in [0.5, 0.6) is 0 Å². The number of nitrogens with zero attached hydrogens (tertiary/aromatic N) is 2. The first-order chi connectivity index (χ1) is 7.83. The monoisotopic (exact) mass is 261 g/mol. The zero-order valence-corrected chi connectivity index (χ0v) is 10.4. The van der Waals surface area contributed by atoms with Crippen molar-refractivity contribution in [1.29, 1.82) is 0 Å². The molecule has 0 fully saturated rings. The van der Waals surface area contributed by atoms with Crippen LogP contribution in [0.2, 0.25) is 0 Å². The summed E-state index contributed by atoms with van der Waals surface area (Å²) in [5.74, 6) is -1.37. The Morgan fingerprint density at radius 3 is 2.76 bits per heavy atom. The lowest BCUT2D eigenvalue weighted by atomic mass is 10.4. The number of aromatic nitrogens is 2. The van der Waals surface area contributed by atoms with Crippen LogP contribution < -0.4 is 4.72 Å². The summed E-state index contributed by atoms with van der Waals surface area (Å²) in [4.78, 5) is 10.5. The van der Waals surface area contributed by atoms with Crippen molar-refractivity contribution in [2.75, 3.05) is 6.54 Å². The van der Waals surface area contributed by atoms with E-state index in [0.717, 1.165) is 12.5 Å². The summed E-state index contributed by atoms with van der Waals surface area (Å²) in [6, 6.07) is 0. The maximum Gasteiger partial charge on any atom is 0.323 e. The van der Waals surface area contributed by atoms with E-state index in [0.29, 0.717) is 6.54 Å². The number of sulfonamides is 1. The van der Waals surface area contributed by atoms with Crippen molar-refractivity contribution in [1.82, 2.24) is 14.5 Å². The molecule has 0 aromatic carbocycles. The Labute approximate surface area is 99.5 Å². The van der Waals surface area contributed by atoms with Crippen LogP contribution in [0, 0.1) is 6.92 Å². The molecule has 1 aromatic rings. The fraction of sp³-hybridized carbons (Fsp3) is 0.556. The number of nitrogens with one attached hydrogen (secondary N) is 1. The predicted octanol–water partition coefficient (Wildman–Crippen LogP) is -0.416. The summed E-state index contributed by atoms with van der Waals surface area (Å²) in [6.07, 6.45) is 3.43. The minimum Gasteiger partial charge on any atom is -0.480 e. The molecule has 0 radical (unpaired) electrons. The molecule has 0 aliphatic carbocycles. The average molecular weight is 261 g/mol. The maximum atomic E-state index is 11.4. The van der Waals surface area contributed by atoms with Crippen LogP contribution in [0.25, 0.3) is 0 Å². The zero-order chi connectivity index (χ0) is 13.1. The minimum atomic E-state index is -3.81. The van der Waals surface area contributed by atoms with Gasteiger partial charge < -0.3 is 5.11 Å². The normalized spacial score (nSPS) is 13.5. The van der Waals surface area contributed by atoms with Crippen molar-refractivity contribution < 1.29 is 18.3 Å². The van der Waals surface area contributed by atoms with Crippen LogP contribution in [0.4, 0.5) is 0 Å². The highest BCUT2D eigenvalue weighted by molar-refractivity contribution is 7.90. The smallest absolute Gasteiger partial charge is 0.323 e. The number of aliphatic carboxylic acids is 1. The fourth-order valence-corrected chi connectivity index (χ4v) is 2.04. The van der Waals surface area contributed by atoms with E-state index in [-0.39, 0.29) is 6.54 Å². The summed E-state index contributed by atoms with van der Waals surface area (Å²) in [5.41, 5.74) is 0.978. The molecular formula is C9H15N3O4S. The first-order valence-electron chi connectivity index (χ1n) is 5.03. The Morgan fingerprint density at radius 2 is 2.29 bits per heavy atom. The third kappa shape index (κ3) is 3.82. The van der Waals surface area contributed by atoms with E-state index in [1.54, 1.807) is 17.1 Å². The number of hydrogen-bond acceptors (Lipinski definition) is 4. The second-order valence-corrected chi connectivity index (χ2v) is 5.79. The van der Waals surface area contributed by atoms with E-state index in [1.165, 1.54) is 0 Å². The molecule has 17 heavy (non-hydrogen) atoms. The molecular weight excluding hydrogens is 246 g/mol. The summed E-state index contributed by atoms with van der Waals surface area (Å²) >= 11 is 0. The van der Waals surface area contributed by atoms with Crippen molar-refractivity contribution in [3.63, 3.8) is 0 Å². The molecule has 1 unspecified atom stereocenters. The second-order valence-electron chi connectivity index (χ2n) is 3.70. The second kappa shape index (κ2) is 5.28. The molecule has 1 aromatic heterocycles. The van der Waals surface area contributed by atoms with E-state index < -0.39 is 21.2 Å². The van der Waals surface area contributed by atoms with Crippen LogP contribution >= 0.6 is 0 Å². The van der Waals surface area contributed by atoms with Gasteiger partial charge in [0.2, 0.25) is 10.0 Å². The Kier molecular flexibility index (Phi) is 4.24.